The van der Waals surface area contributed by atoms with E-state index in [9.17, 15) is 13.2 Å². The van der Waals surface area contributed by atoms with Crippen LogP contribution in [0.2, 0.25) is 0 Å². The topological polar surface area (TPSA) is 71.4 Å². The van der Waals surface area contributed by atoms with Crippen LogP contribution in [0.15, 0.2) is 89.8 Å². The van der Waals surface area contributed by atoms with Gasteiger partial charge in [0.1, 0.15) is 0 Å². The maximum Gasteiger partial charge on any atom is 0.243 e. The number of carbonyl (C=O) groups is 1. The second-order valence-corrected chi connectivity index (χ2v) is 10.4. The molecule has 1 N–H and O–H groups in total. The molecular weight excluding hydrogens is 446 g/mol. The highest BCUT2D eigenvalue weighted by atomic mass is 32.2. The largest absolute Gasteiger partial charge is 0.341 e. The van der Waals surface area contributed by atoms with Crippen molar-refractivity contribution in [3.05, 3.63) is 84.9 Å². The molecule has 0 radical (unpaired) electrons. The van der Waals surface area contributed by atoms with E-state index in [-0.39, 0.29) is 11.4 Å². The molecule has 5 rings (SSSR count). The van der Waals surface area contributed by atoms with Gasteiger partial charge in [-0.15, -0.1) is 0 Å². The van der Waals surface area contributed by atoms with E-state index >= 15 is 0 Å². The predicted octanol–water partition coefficient (Wildman–Crippen LogP) is 5.23. The third-order valence-corrected chi connectivity index (χ3v) is 7.97. The number of benzene rings is 4. The Labute approximate surface area is 198 Å². The van der Waals surface area contributed by atoms with Gasteiger partial charge in [-0.1, -0.05) is 48.5 Å². The Morgan fingerprint density at radius 1 is 0.853 bits per heavy atom. The van der Waals surface area contributed by atoms with Crippen molar-refractivity contribution in [1.29, 1.82) is 0 Å². The molecule has 4 aromatic carbocycles. The Hall–Kier alpha value is -3.68. The first-order valence-electron chi connectivity index (χ1n) is 11.1. The number of fused-ring (bicyclic) bond motifs is 4. The number of aryl methyl sites for hydroxylation is 1. The first kappa shape index (κ1) is 22.1. The number of likely N-dealkylation sites (N-methyl/N-ethyl adjacent to an activating group) is 1. The second-order valence-electron chi connectivity index (χ2n) is 8.31. The summed E-state index contributed by atoms with van der Waals surface area (Å²) in [6.45, 7) is 2.66. The zero-order chi connectivity index (χ0) is 23.9. The third kappa shape index (κ3) is 3.83. The first-order chi connectivity index (χ1) is 16.4. The van der Waals surface area contributed by atoms with Gasteiger partial charge in [0.2, 0.25) is 15.9 Å². The van der Waals surface area contributed by atoms with Crippen LogP contribution in [-0.2, 0) is 21.4 Å². The number of aromatic nitrogens is 1. The summed E-state index contributed by atoms with van der Waals surface area (Å²) in [5.41, 5.74) is 2.87. The van der Waals surface area contributed by atoms with Crippen molar-refractivity contribution in [3.63, 3.8) is 0 Å². The van der Waals surface area contributed by atoms with Crippen LogP contribution < -0.4 is 5.32 Å². The highest BCUT2D eigenvalue weighted by molar-refractivity contribution is 7.89. The van der Waals surface area contributed by atoms with E-state index < -0.39 is 15.9 Å². The minimum atomic E-state index is -3.81. The van der Waals surface area contributed by atoms with Gasteiger partial charge in [0.05, 0.1) is 11.4 Å². The van der Waals surface area contributed by atoms with Gasteiger partial charge in [-0.3, -0.25) is 4.79 Å². The molecule has 1 aromatic heterocycles. The highest BCUT2D eigenvalue weighted by Gasteiger charge is 2.23. The second kappa shape index (κ2) is 8.59. The Bertz CT molecular complexity index is 1650. The molecule has 0 unspecified atom stereocenters. The number of sulfonamides is 1. The summed E-state index contributed by atoms with van der Waals surface area (Å²) in [6, 6.07) is 26.5. The van der Waals surface area contributed by atoms with Gasteiger partial charge in [0.15, 0.2) is 0 Å². The number of rotatable bonds is 6. The Balaban J connectivity index is 1.37. The summed E-state index contributed by atoms with van der Waals surface area (Å²) in [7, 11) is -2.39. The molecule has 0 spiro atoms. The molecule has 0 aliphatic carbocycles. The van der Waals surface area contributed by atoms with Crippen LogP contribution >= 0.6 is 0 Å². The van der Waals surface area contributed by atoms with Gasteiger partial charge in [-0.25, -0.2) is 8.42 Å². The quantitative estimate of drug-likeness (QED) is 0.369. The van der Waals surface area contributed by atoms with Crippen molar-refractivity contribution in [2.75, 3.05) is 18.9 Å². The average molecular weight is 472 g/mol. The Morgan fingerprint density at radius 2 is 1.56 bits per heavy atom. The lowest BCUT2D eigenvalue weighted by Crippen LogP contribution is -2.34. The molecule has 0 aliphatic heterocycles. The van der Waals surface area contributed by atoms with E-state index in [4.69, 9.17) is 0 Å². The first-order valence-corrected chi connectivity index (χ1v) is 12.6. The van der Waals surface area contributed by atoms with Gasteiger partial charge in [-0.2, -0.15) is 4.31 Å². The van der Waals surface area contributed by atoms with Crippen molar-refractivity contribution < 1.29 is 13.2 Å². The number of amides is 1. The lowest BCUT2D eigenvalue weighted by Gasteiger charge is -2.17. The molecule has 34 heavy (non-hydrogen) atoms. The van der Waals surface area contributed by atoms with Crippen LogP contribution in [0.3, 0.4) is 0 Å². The number of hydrogen-bond acceptors (Lipinski definition) is 3. The fourth-order valence-electron chi connectivity index (χ4n) is 4.47. The van der Waals surface area contributed by atoms with Crippen molar-refractivity contribution in [3.8, 4) is 0 Å². The molecule has 0 atom stereocenters. The molecule has 5 aromatic rings. The summed E-state index contributed by atoms with van der Waals surface area (Å²) in [5.74, 6) is -0.398. The normalized spacial score (nSPS) is 12.1. The number of anilines is 1. The molecular formula is C27H25N3O3S. The lowest BCUT2D eigenvalue weighted by molar-refractivity contribution is -0.116. The fraction of sp³-hybridized carbons (Fsp3) is 0.148. The lowest BCUT2D eigenvalue weighted by atomic mass is 10.1. The Kier molecular flexibility index (Phi) is 5.59. The molecule has 6 nitrogen and oxygen atoms in total. The smallest absolute Gasteiger partial charge is 0.243 e. The van der Waals surface area contributed by atoms with Crippen molar-refractivity contribution in [2.45, 2.75) is 18.4 Å². The SMILES string of the molecule is CCn1c2ccccc2c2cc(NC(=O)CN(C)S(=O)(=O)c3ccc4ccccc4c3)ccc21. The van der Waals surface area contributed by atoms with Gasteiger partial charge in [0.25, 0.3) is 0 Å². The molecule has 1 amide bonds. The molecule has 0 saturated heterocycles. The standard InChI is InChI=1S/C27H25N3O3S/c1-3-30-25-11-7-6-10-23(25)24-17-21(13-15-26(24)30)28-27(31)18-29(2)34(32,33)22-14-12-19-8-4-5-9-20(19)16-22/h4-17H,3,18H2,1-2H3,(H,28,31). The fourth-order valence-corrected chi connectivity index (χ4v) is 5.63. The molecule has 0 fully saturated rings. The van der Waals surface area contributed by atoms with Gasteiger partial charge >= 0.3 is 0 Å². The summed E-state index contributed by atoms with van der Waals surface area (Å²) in [6.07, 6.45) is 0. The van der Waals surface area contributed by atoms with E-state index in [1.165, 1.54) is 7.05 Å². The third-order valence-electron chi connectivity index (χ3n) is 6.17. The molecule has 172 valence electrons. The van der Waals surface area contributed by atoms with Crippen LogP contribution in [0.5, 0.6) is 0 Å². The van der Waals surface area contributed by atoms with E-state index in [1.807, 2.05) is 54.6 Å². The maximum absolute atomic E-state index is 13.1. The van der Waals surface area contributed by atoms with Crippen LogP contribution in [0, 0.1) is 0 Å². The number of nitrogens with zero attached hydrogens (tertiary/aromatic N) is 2. The highest BCUT2D eigenvalue weighted by Crippen LogP contribution is 2.31. The van der Waals surface area contributed by atoms with Gasteiger partial charge in [-0.05, 0) is 54.1 Å². The minimum Gasteiger partial charge on any atom is -0.341 e. The van der Waals surface area contributed by atoms with Crippen molar-refractivity contribution in [1.82, 2.24) is 8.87 Å². The van der Waals surface area contributed by atoms with Crippen LogP contribution in [0.4, 0.5) is 5.69 Å². The summed E-state index contributed by atoms with van der Waals surface area (Å²) in [5, 5.41) is 6.82. The number of carbonyl (C=O) groups excluding carboxylic acids is 1. The van der Waals surface area contributed by atoms with Crippen LogP contribution in [0.1, 0.15) is 6.92 Å². The van der Waals surface area contributed by atoms with E-state index in [0.717, 1.165) is 43.4 Å². The molecule has 0 saturated carbocycles. The number of para-hydroxylation sites is 1. The number of hydrogen-bond donors (Lipinski definition) is 1. The minimum absolute atomic E-state index is 0.162. The van der Waals surface area contributed by atoms with Crippen LogP contribution in [0.25, 0.3) is 32.6 Å². The van der Waals surface area contributed by atoms with Gasteiger partial charge < -0.3 is 9.88 Å². The van der Waals surface area contributed by atoms with Crippen LogP contribution in [-0.4, -0.2) is 36.8 Å². The van der Waals surface area contributed by atoms with Crippen molar-refractivity contribution >= 4 is 54.2 Å². The summed E-state index contributed by atoms with van der Waals surface area (Å²) in [4.78, 5) is 12.9. The summed E-state index contributed by atoms with van der Waals surface area (Å²) < 4.78 is 29.4. The maximum atomic E-state index is 13.1. The zero-order valence-corrected chi connectivity index (χ0v) is 19.8. The van der Waals surface area contributed by atoms with E-state index in [2.05, 4.69) is 28.9 Å². The average Bonchev–Trinajstić information content (AvgIpc) is 3.16. The predicted molar refractivity (Wildman–Crippen MR) is 138 cm³/mol. The van der Waals surface area contributed by atoms with Crippen molar-refractivity contribution in [2.24, 2.45) is 0 Å². The van der Waals surface area contributed by atoms with E-state index in [1.54, 1.807) is 18.2 Å². The van der Waals surface area contributed by atoms with Gasteiger partial charge in [0, 0.05) is 41.1 Å². The van der Waals surface area contributed by atoms with E-state index in [0.29, 0.717) is 5.69 Å². The zero-order valence-electron chi connectivity index (χ0n) is 19.0. The summed E-state index contributed by atoms with van der Waals surface area (Å²) >= 11 is 0. The molecule has 0 aliphatic rings. The molecule has 1 heterocycles. The number of nitrogens with one attached hydrogen (secondary N) is 1. The Morgan fingerprint density at radius 3 is 2.35 bits per heavy atom. The molecule has 0 bridgehead atoms. The molecule has 7 heteroatoms. The monoisotopic (exact) mass is 471 g/mol.